The molecule has 0 spiro atoms. The topological polar surface area (TPSA) is 87.1 Å². The summed E-state index contributed by atoms with van der Waals surface area (Å²) < 4.78 is 19.7. The summed E-state index contributed by atoms with van der Waals surface area (Å²) in [5, 5.41) is 14.8. The van der Waals surface area contributed by atoms with Gasteiger partial charge in [-0.05, 0) is 54.5 Å². The molecule has 2 bridgehead atoms. The Balaban J connectivity index is 0.000000505. The van der Waals surface area contributed by atoms with Crippen molar-refractivity contribution in [2.45, 2.75) is 50.4 Å². The lowest BCUT2D eigenvalue weighted by atomic mass is 9.95. The van der Waals surface area contributed by atoms with Crippen molar-refractivity contribution >= 4 is 11.9 Å². The van der Waals surface area contributed by atoms with Gasteiger partial charge >= 0.3 is 11.9 Å². The van der Waals surface area contributed by atoms with Crippen LogP contribution in [0.2, 0.25) is 0 Å². The van der Waals surface area contributed by atoms with E-state index in [0.29, 0.717) is 18.7 Å². The molecule has 198 valence electrons. The minimum absolute atomic E-state index is 0.0514. The van der Waals surface area contributed by atoms with E-state index in [9.17, 15) is 4.39 Å². The highest BCUT2D eigenvalue weighted by Gasteiger charge is 2.38. The van der Waals surface area contributed by atoms with Crippen LogP contribution in [0.5, 0.6) is 0 Å². The average molecular weight is 518 g/mol. The van der Waals surface area contributed by atoms with Crippen LogP contribution in [0.4, 0.5) is 4.39 Å². The second kappa shape index (κ2) is 13.1. The highest BCUT2D eigenvalue weighted by Crippen LogP contribution is 2.39. The Morgan fingerprint density at radius 2 is 1.34 bits per heavy atom. The van der Waals surface area contributed by atoms with Gasteiger partial charge in [0, 0.05) is 18.6 Å². The molecule has 0 saturated carbocycles. The lowest BCUT2D eigenvalue weighted by Gasteiger charge is -2.36. The number of piperidine rings is 1. The zero-order valence-corrected chi connectivity index (χ0v) is 21.1. The fraction of sp³-hybridized carbons (Fsp3) is 0.290. The maximum absolute atomic E-state index is 13.2. The predicted molar refractivity (Wildman–Crippen MR) is 142 cm³/mol. The Hall–Kier alpha value is -3.81. The molecule has 2 aliphatic rings. The third-order valence-corrected chi connectivity index (χ3v) is 7.07. The maximum Gasteiger partial charge on any atom is 0.414 e. The highest BCUT2D eigenvalue weighted by atomic mass is 19.1. The van der Waals surface area contributed by atoms with Crippen molar-refractivity contribution in [3.8, 4) is 0 Å². The second-order valence-electron chi connectivity index (χ2n) is 9.60. The molecule has 2 atom stereocenters. The standard InChI is InChI=1S/C29H30FNO.C2H2O4/c30-26-13-11-22(12-14-26)21-31-27-15-16-28(31)20-23(19-27)17-18-32-29(24-7-3-1-4-8-24)25-9-5-2-6-10-25;3-1(4)2(5)6/h1-14,17,27-29H,15-16,18-21H2;(H,3,4)(H,5,6)/t27-,28+;. The number of carboxylic acids is 2. The smallest absolute Gasteiger partial charge is 0.414 e. The zero-order chi connectivity index (χ0) is 26.9. The summed E-state index contributed by atoms with van der Waals surface area (Å²) in [6.45, 7) is 1.55. The number of halogens is 1. The van der Waals surface area contributed by atoms with Crippen molar-refractivity contribution in [1.82, 2.24) is 4.90 Å². The van der Waals surface area contributed by atoms with Gasteiger partial charge < -0.3 is 14.9 Å². The Morgan fingerprint density at radius 3 is 1.82 bits per heavy atom. The Bertz CT molecular complexity index is 1160. The molecule has 2 aliphatic heterocycles. The summed E-state index contributed by atoms with van der Waals surface area (Å²) in [6, 6.07) is 29.1. The van der Waals surface area contributed by atoms with Gasteiger partial charge in [-0.1, -0.05) is 84.4 Å². The minimum atomic E-state index is -1.82. The molecule has 5 rings (SSSR count). The number of fused-ring (bicyclic) bond motifs is 2. The molecule has 2 fully saturated rings. The van der Waals surface area contributed by atoms with Gasteiger partial charge in [0.15, 0.2) is 0 Å². The average Bonchev–Trinajstić information content (AvgIpc) is 3.15. The van der Waals surface area contributed by atoms with Crippen LogP contribution in [0.15, 0.2) is 96.6 Å². The van der Waals surface area contributed by atoms with Gasteiger partial charge in [-0.25, -0.2) is 14.0 Å². The number of benzene rings is 3. The third kappa shape index (κ3) is 7.37. The lowest BCUT2D eigenvalue weighted by Crippen LogP contribution is -2.39. The van der Waals surface area contributed by atoms with E-state index in [4.69, 9.17) is 24.5 Å². The van der Waals surface area contributed by atoms with Crippen molar-refractivity contribution in [2.75, 3.05) is 6.61 Å². The van der Waals surface area contributed by atoms with Crippen molar-refractivity contribution in [1.29, 1.82) is 0 Å². The first kappa shape index (κ1) is 27.2. The molecular formula is C31H32FNO5. The number of hydrogen-bond acceptors (Lipinski definition) is 4. The molecule has 7 heteroatoms. The van der Waals surface area contributed by atoms with Gasteiger partial charge in [0.25, 0.3) is 0 Å². The van der Waals surface area contributed by atoms with Gasteiger partial charge in [-0.15, -0.1) is 0 Å². The van der Waals surface area contributed by atoms with Crippen LogP contribution in [0.25, 0.3) is 0 Å². The molecule has 2 N–H and O–H groups in total. The van der Waals surface area contributed by atoms with Crippen molar-refractivity contribution in [2.24, 2.45) is 0 Å². The van der Waals surface area contributed by atoms with Gasteiger partial charge in [-0.3, -0.25) is 4.90 Å². The first-order chi connectivity index (χ1) is 18.4. The molecule has 0 unspecified atom stereocenters. The molecule has 6 nitrogen and oxygen atoms in total. The number of carbonyl (C=O) groups is 2. The third-order valence-electron chi connectivity index (χ3n) is 7.07. The zero-order valence-electron chi connectivity index (χ0n) is 21.1. The lowest BCUT2D eigenvalue weighted by molar-refractivity contribution is -0.159. The van der Waals surface area contributed by atoms with Crippen molar-refractivity contribution in [3.63, 3.8) is 0 Å². The van der Waals surface area contributed by atoms with E-state index in [-0.39, 0.29) is 11.9 Å². The monoisotopic (exact) mass is 517 g/mol. The van der Waals surface area contributed by atoms with E-state index in [1.54, 1.807) is 12.1 Å². The van der Waals surface area contributed by atoms with Crippen LogP contribution in [-0.2, 0) is 20.9 Å². The van der Waals surface area contributed by atoms with E-state index >= 15 is 0 Å². The van der Waals surface area contributed by atoms with Crippen LogP contribution in [-0.4, -0.2) is 45.7 Å². The molecule has 0 aromatic heterocycles. The Morgan fingerprint density at radius 1 is 0.842 bits per heavy atom. The molecule has 38 heavy (non-hydrogen) atoms. The molecule has 0 aliphatic carbocycles. The van der Waals surface area contributed by atoms with E-state index < -0.39 is 11.9 Å². The van der Waals surface area contributed by atoms with Crippen LogP contribution in [0, 0.1) is 5.82 Å². The highest BCUT2D eigenvalue weighted by molar-refractivity contribution is 6.27. The minimum Gasteiger partial charge on any atom is -0.473 e. The summed E-state index contributed by atoms with van der Waals surface area (Å²) in [5.74, 6) is -3.81. The largest absolute Gasteiger partial charge is 0.473 e. The van der Waals surface area contributed by atoms with E-state index in [1.165, 1.54) is 35.1 Å². The Labute approximate surface area is 222 Å². The summed E-state index contributed by atoms with van der Waals surface area (Å²) >= 11 is 0. The number of nitrogens with zero attached hydrogens (tertiary/aromatic N) is 1. The number of ether oxygens (including phenoxy) is 1. The molecule has 3 aromatic carbocycles. The van der Waals surface area contributed by atoms with Crippen molar-refractivity contribution < 1.29 is 28.9 Å². The number of carboxylic acid groups (broad SMARTS) is 2. The van der Waals surface area contributed by atoms with Crippen LogP contribution >= 0.6 is 0 Å². The maximum atomic E-state index is 13.2. The summed E-state index contributed by atoms with van der Waals surface area (Å²) in [5.41, 5.74) is 5.10. The molecule has 0 radical (unpaired) electrons. The van der Waals surface area contributed by atoms with Gasteiger partial charge in [0.2, 0.25) is 0 Å². The first-order valence-electron chi connectivity index (χ1n) is 12.8. The van der Waals surface area contributed by atoms with E-state index in [1.807, 2.05) is 24.3 Å². The summed E-state index contributed by atoms with van der Waals surface area (Å²) in [4.78, 5) is 20.8. The fourth-order valence-corrected chi connectivity index (χ4v) is 5.27. The summed E-state index contributed by atoms with van der Waals surface area (Å²) in [7, 11) is 0. The quantitative estimate of drug-likeness (QED) is 0.302. The normalized spacial score (nSPS) is 19.7. The fourth-order valence-electron chi connectivity index (χ4n) is 5.27. The molecule has 0 amide bonds. The van der Waals surface area contributed by atoms with Crippen molar-refractivity contribution in [3.05, 3.63) is 119 Å². The first-order valence-corrected chi connectivity index (χ1v) is 12.8. The number of rotatable bonds is 7. The van der Waals surface area contributed by atoms with Gasteiger partial charge in [0.1, 0.15) is 11.9 Å². The molecule has 2 saturated heterocycles. The Kier molecular flexibility index (Phi) is 9.40. The second-order valence-corrected chi connectivity index (χ2v) is 9.60. The van der Waals surface area contributed by atoms with Crippen LogP contribution in [0.1, 0.15) is 48.5 Å². The van der Waals surface area contributed by atoms with Crippen LogP contribution < -0.4 is 0 Å². The SMILES string of the molecule is Fc1ccc(CN2[C@@H]3CC[C@H]2CC(=CCOC(c2ccccc2)c2ccccc2)C3)cc1.O=C(O)C(=O)O. The summed E-state index contributed by atoms with van der Waals surface area (Å²) in [6.07, 6.45) is 7.00. The number of aliphatic carboxylic acids is 2. The van der Waals surface area contributed by atoms with Crippen LogP contribution in [0.3, 0.4) is 0 Å². The van der Waals surface area contributed by atoms with E-state index in [0.717, 1.165) is 19.4 Å². The van der Waals surface area contributed by atoms with Gasteiger partial charge in [0.05, 0.1) is 6.61 Å². The number of hydrogen-bond donors (Lipinski definition) is 2. The molecular weight excluding hydrogens is 485 g/mol. The predicted octanol–water partition coefficient (Wildman–Crippen LogP) is 5.84. The molecule has 2 heterocycles. The van der Waals surface area contributed by atoms with Gasteiger partial charge in [-0.2, -0.15) is 0 Å². The van der Waals surface area contributed by atoms with E-state index in [2.05, 4.69) is 59.5 Å². The molecule has 3 aromatic rings.